The van der Waals surface area contributed by atoms with Crippen molar-refractivity contribution in [3.05, 3.63) is 24.6 Å². The van der Waals surface area contributed by atoms with Crippen LogP contribution in [0, 0.1) is 0 Å². The van der Waals surface area contributed by atoms with E-state index in [9.17, 15) is 0 Å². The van der Waals surface area contributed by atoms with Gasteiger partial charge in [-0.3, -0.25) is 0 Å². The smallest absolute Gasteiger partial charge is 0.410 e. The maximum Gasteiger partial charge on any atom is 0.531 e. The van der Waals surface area contributed by atoms with Crippen LogP contribution in [-0.4, -0.2) is 23.8 Å². The fourth-order valence-electron chi connectivity index (χ4n) is 0.717. The van der Waals surface area contributed by atoms with Crippen molar-refractivity contribution in [3.8, 4) is 0 Å². The lowest BCUT2D eigenvalue weighted by Crippen LogP contribution is -2.48. The van der Waals surface area contributed by atoms with E-state index in [4.69, 9.17) is 30.4 Å². The van der Waals surface area contributed by atoms with Crippen LogP contribution < -0.4 is 0 Å². The average Bonchev–Trinajstić information content (AvgIpc) is 2.00. The highest BCUT2D eigenvalue weighted by molar-refractivity contribution is 7.42. The van der Waals surface area contributed by atoms with E-state index < -0.39 is 23.8 Å². The van der Waals surface area contributed by atoms with Gasteiger partial charge in [0.15, 0.2) is 0 Å². The van der Waals surface area contributed by atoms with Crippen LogP contribution in [0.1, 0.15) is 0 Å². The normalized spacial score (nSPS) is 13.7. The van der Waals surface area contributed by atoms with E-state index in [-0.39, 0.29) is 0 Å². The monoisotopic (exact) mass is 300 g/mol. The summed E-state index contributed by atoms with van der Waals surface area (Å²) in [7, 11) is -7.09. The fraction of sp³-hybridized carbons (Fsp3) is 0.500. The molecule has 0 N–H and O–H groups in total. The third-order valence-electron chi connectivity index (χ3n) is 1.75. The molecule has 0 rings (SSSR count). The molecule has 0 radical (unpaired) electrons. The average molecular weight is 301 g/mol. The van der Waals surface area contributed by atoms with Crippen LogP contribution in [0.3, 0.4) is 0 Å². The van der Waals surface area contributed by atoms with Crippen LogP contribution >= 0.6 is 22.2 Å². The zero-order valence-corrected chi connectivity index (χ0v) is 14.2. The van der Waals surface area contributed by atoms with E-state index in [2.05, 4.69) is 13.2 Å². The summed E-state index contributed by atoms with van der Waals surface area (Å²) in [4.78, 5) is 0. The molecule has 0 amide bonds. The second kappa shape index (κ2) is 5.31. The van der Waals surface area contributed by atoms with Crippen molar-refractivity contribution in [2.45, 2.75) is 26.2 Å². The van der Waals surface area contributed by atoms with Gasteiger partial charge in [-0.05, 0) is 26.2 Å². The predicted octanol–water partition coefficient (Wildman–Crippen LogP) is 3.79. The zero-order chi connectivity index (χ0) is 12.3. The van der Waals surface area contributed by atoms with Gasteiger partial charge >= 0.3 is 7.18 Å². The van der Waals surface area contributed by atoms with Crippen LogP contribution in [0.15, 0.2) is 24.6 Å². The standard InChI is InChI=1S/C8H18Cl2O2Si3/c1-7-13(3,4)11-15(9,10)12-14(5,6)8-2/h7-8H,1-2H2,3-6H3. The van der Waals surface area contributed by atoms with Crippen molar-refractivity contribution in [2.75, 3.05) is 0 Å². The summed E-state index contributed by atoms with van der Waals surface area (Å²) in [6, 6.07) is 0. The molecule has 0 heterocycles. The predicted molar refractivity (Wildman–Crippen MR) is 75.0 cm³/mol. The Morgan fingerprint density at radius 3 is 1.33 bits per heavy atom. The van der Waals surface area contributed by atoms with Gasteiger partial charge in [-0.15, -0.1) is 13.2 Å². The van der Waals surface area contributed by atoms with E-state index >= 15 is 0 Å². The van der Waals surface area contributed by atoms with E-state index in [1.54, 1.807) is 11.4 Å². The van der Waals surface area contributed by atoms with Gasteiger partial charge in [0, 0.05) is 0 Å². The fourth-order valence-corrected chi connectivity index (χ4v) is 14.0. The van der Waals surface area contributed by atoms with Crippen LogP contribution in [0.4, 0.5) is 0 Å². The zero-order valence-electron chi connectivity index (χ0n) is 9.64. The van der Waals surface area contributed by atoms with Gasteiger partial charge in [0.2, 0.25) is 16.6 Å². The molecule has 0 aromatic heterocycles. The van der Waals surface area contributed by atoms with Crippen LogP contribution in [0.25, 0.3) is 0 Å². The molecule has 88 valence electrons. The highest BCUT2D eigenvalue weighted by Gasteiger charge is 2.43. The largest absolute Gasteiger partial charge is 0.531 e. The van der Waals surface area contributed by atoms with Crippen molar-refractivity contribution >= 4 is 46.0 Å². The van der Waals surface area contributed by atoms with E-state index in [0.717, 1.165) is 0 Å². The minimum absolute atomic E-state index is 1.78. The van der Waals surface area contributed by atoms with Gasteiger partial charge < -0.3 is 8.23 Å². The van der Waals surface area contributed by atoms with Gasteiger partial charge in [-0.1, -0.05) is 33.6 Å². The SMILES string of the molecule is C=C[Si](C)(C)O[Si](Cl)(Cl)O[Si](C)(C)C=C. The molecule has 0 aromatic carbocycles. The second-order valence-corrected chi connectivity index (χ2v) is 17.6. The molecule has 0 bridgehead atoms. The van der Waals surface area contributed by atoms with E-state index in [0.29, 0.717) is 0 Å². The topological polar surface area (TPSA) is 18.5 Å². The highest BCUT2D eigenvalue weighted by Crippen LogP contribution is 2.27. The van der Waals surface area contributed by atoms with Gasteiger partial charge in [-0.2, -0.15) is 0 Å². The number of hydrogen-bond acceptors (Lipinski definition) is 2. The Balaban J connectivity index is 4.56. The molecule has 0 aliphatic heterocycles. The Morgan fingerprint density at radius 1 is 0.867 bits per heavy atom. The number of rotatable bonds is 6. The van der Waals surface area contributed by atoms with Crippen LogP contribution in [-0.2, 0) is 8.23 Å². The molecule has 7 heteroatoms. The molecule has 0 aliphatic rings. The Bertz CT molecular complexity index is 230. The Morgan fingerprint density at radius 2 is 1.13 bits per heavy atom. The maximum atomic E-state index is 6.10. The molecule has 0 saturated carbocycles. The lowest BCUT2D eigenvalue weighted by Gasteiger charge is -2.31. The Labute approximate surface area is 105 Å². The van der Waals surface area contributed by atoms with Crippen molar-refractivity contribution < 1.29 is 8.23 Å². The summed E-state index contributed by atoms with van der Waals surface area (Å²) < 4.78 is 11.3. The summed E-state index contributed by atoms with van der Waals surface area (Å²) in [6.07, 6.45) is 0. The summed E-state index contributed by atoms with van der Waals surface area (Å²) in [5.74, 6) is 0. The molecule has 0 fully saturated rings. The highest BCUT2D eigenvalue weighted by atomic mass is 35.7. The molecular formula is C8H18Cl2O2Si3. The molecule has 0 aromatic rings. The summed E-state index contributed by atoms with van der Waals surface area (Å²) >= 11 is 12.2. The van der Waals surface area contributed by atoms with Gasteiger partial charge in [0.25, 0.3) is 0 Å². The van der Waals surface area contributed by atoms with Crippen LogP contribution in [0.5, 0.6) is 0 Å². The lowest BCUT2D eigenvalue weighted by atomic mass is 11.3. The molecule has 0 aliphatic carbocycles. The molecule has 0 spiro atoms. The quantitative estimate of drug-likeness (QED) is 0.549. The molecule has 15 heavy (non-hydrogen) atoms. The third kappa shape index (κ3) is 6.72. The molecule has 0 unspecified atom stereocenters. The first-order valence-corrected chi connectivity index (χ1v) is 14.4. The minimum Gasteiger partial charge on any atom is -0.410 e. The van der Waals surface area contributed by atoms with Crippen LogP contribution in [0.2, 0.25) is 26.2 Å². The molecule has 2 nitrogen and oxygen atoms in total. The first kappa shape index (κ1) is 15.6. The Hall–Kier alpha value is 0.631. The summed E-state index contributed by atoms with van der Waals surface area (Å²) in [5, 5.41) is 0. The first-order valence-electron chi connectivity index (χ1n) is 4.59. The van der Waals surface area contributed by atoms with Gasteiger partial charge in [0.1, 0.15) is 0 Å². The third-order valence-corrected chi connectivity index (χ3v) is 12.6. The van der Waals surface area contributed by atoms with E-state index in [1.807, 2.05) is 26.2 Å². The lowest BCUT2D eigenvalue weighted by molar-refractivity contribution is 0.438. The van der Waals surface area contributed by atoms with Crippen molar-refractivity contribution in [1.82, 2.24) is 0 Å². The molecule has 0 atom stereocenters. The first-order chi connectivity index (χ1) is 6.54. The second-order valence-electron chi connectivity index (χ2n) is 4.28. The maximum absolute atomic E-state index is 6.10. The summed E-state index contributed by atoms with van der Waals surface area (Å²) in [6.45, 7) is 15.3. The summed E-state index contributed by atoms with van der Waals surface area (Å²) in [5.41, 5.74) is 3.57. The molecular weight excluding hydrogens is 283 g/mol. The number of hydrogen-bond donors (Lipinski definition) is 0. The Kier molecular flexibility index (Phi) is 5.53. The van der Waals surface area contributed by atoms with Crippen molar-refractivity contribution in [3.63, 3.8) is 0 Å². The van der Waals surface area contributed by atoms with E-state index in [1.165, 1.54) is 0 Å². The number of halogens is 2. The van der Waals surface area contributed by atoms with Crippen molar-refractivity contribution in [2.24, 2.45) is 0 Å². The van der Waals surface area contributed by atoms with Gasteiger partial charge in [-0.25, -0.2) is 0 Å². The molecule has 0 saturated heterocycles. The van der Waals surface area contributed by atoms with Gasteiger partial charge in [0.05, 0.1) is 0 Å². The van der Waals surface area contributed by atoms with Crippen molar-refractivity contribution in [1.29, 1.82) is 0 Å². The minimum atomic E-state index is -3.09.